The number of hydrogen-bond donors (Lipinski definition) is 0. The quantitative estimate of drug-likeness (QED) is 0.404. The zero-order chi connectivity index (χ0) is 17.8. The summed E-state index contributed by atoms with van der Waals surface area (Å²) in [6.45, 7) is 0. The molecule has 4 rings (SSSR count). The summed E-state index contributed by atoms with van der Waals surface area (Å²) in [5.41, 5.74) is 3.38. The zero-order valence-corrected chi connectivity index (χ0v) is 13.8. The first-order valence-electron chi connectivity index (χ1n) is 8.11. The van der Waals surface area contributed by atoms with Gasteiger partial charge in [-0.2, -0.15) is 4.99 Å². The standard InChI is InChI=1S/C21H14N4O/c26-15-22-18-11-13-19(14-12-18)25-20(16-7-3-1-4-8-16)23-24-21(25)17-9-5-2-6-10-17/h1-14H. The van der Waals surface area contributed by atoms with E-state index in [1.54, 1.807) is 18.2 Å². The summed E-state index contributed by atoms with van der Waals surface area (Å²) in [6.07, 6.45) is 1.56. The highest BCUT2D eigenvalue weighted by Gasteiger charge is 2.16. The molecule has 0 aliphatic rings. The Labute approximate surface area is 150 Å². The molecule has 0 amide bonds. The zero-order valence-electron chi connectivity index (χ0n) is 13.8. The fourth-order valence-corrected chi connectivity index (χ4v) is 2.81. The van der Waals surface area contributed by atoms with Gasteiger partial charge in [-0.05, 0) is 24.3 Å². The molecule has 0 saturated heterocycles. The third kappa shape index (κ3) is 2.95. The topological polar surface area (TPSA) is 60.1 Å². The van der Waals surface area contributed by atoms with Crippen LogP contribution in [0.25, 0.3) is 28.5 Å². The van der Waals surface area contributed by atoms with E-state index in [0.29, 0.717) is 5.69 Å². The van der Waals surface area contributed by atoms with Crippen molar-refractivity contribution in [1.29, 1.82) is 0 Å². The van der Waals surface area contributed by atoms with Crippen LogP contribution in [0.1, 0.15) is 0 Å². The van der Waals surface area contributed by atoms with Gasteiger partial charge in [0.2, 0.25) is 6.08 Å². The molecule has 0 spiro atoms. The molecule has 0 radical (unpaired) electrons. The molecule has 5 heteroatoms. The number of benzene rings is 3. The van der Waals surface area contributed by atoms with Crippen molar-refractivity contribution in [3.8, 4) is 28.5 Å². The largest absolute Gasteiger partial charge is 0.275 e. The number of carbonyl (C=O) groups excluding carboxylic acids is 1. The average molecular weight is 338 g/mol. The van der Waals surface area contributed by atoms with Crippen molar-refractivity contribution in [3.05, 3.63) is 84.9 Å². The lowest BCUT2D eigenvalue weighted by molar-refractivity contribution is 0.565. The molecule has 0 bridgehead atoms. The second-order valence-corrected chi connectivity index (χ2v) is 5.63. The van der Waals surface area contributed by atoms with Gasteiger partial charge in [-0.15, -0.1) is 10.2 Å². The van der Waals surface area contributed by atoms with Gasteiger partial charge in [-0.1, -0.05) is 60.7 Å². The highest BCUT2D eigenvalue weighted by molar-refractivity contribution is 5.67. The monoisotopic (exact) mass is 338 g/mol. The van der Waals surface area contributed by atoms with Gasteiger partial charge < -0.3 is 0 Å². The molecule has 0 saturated carbocycles. The Hall–Kier alpha value is -3.82. The SMILES string of the molecule is O=C=Nc1ccc(-n2c(-c3ccccc3)nnc2-c2ccccc2)cc1. The Morgan fingerprint density at radius 1 is 0.692 bits per heavy atom. The summed E-state index contributed by atoms with van der Waals surface area (Å²) >= 11 is 0. The number of aromatic nitrogens is 3. The Balaban J connectivity index is 1.92. The van der Waals surface area contributed by atoms with Crippen LogP contribution in [-0.4, -0.2) is 20.8 Å². The maximum absolute atomic E-state index is 10.4. The van der Waals surface area contributed by atoms with E-state index in [0.717, 1.165) is 28.5 Å². The van der Waals surface area contributed by atoms with Gasteiger partial charge in [-0.3, -0.25) is 4.57 Å². The third-order valence-electron chi connectivity index (χ3n) is 4.01. The lowest BCUT2D eigenvalue weighted by Crippen LogP contribution is -2.00. The van der Waals surface area contributed by atoms with Crippen LogP contribution >= 0.6 is 0 Å². The van der Waals surface area contributed by atoms with Crippen molar-refractivity contribution >= 4 is 11.8 Å². The first-order valence-corrected chi connectivity index (χ1v) is 8.11. The fraction of sp³-hybridized carbons (Fsp3) is 0. The van der Waals surface area contributed by atoms with Gasteiger partial charge in [0.1, 0.15) is 0 Å². The molecule has 26 heavy (non-hydrogen) atoms. The smallest absolute Gasteiger partial charge is 0.240 e. The van der Waals surface area contributed by atoms with Crippen LogP contribution in [0.3, 0.4) is 0 Å². The van der Waals surface area contributed by atoms with E-state index in [2.05, 4.69) is 15.2 Å². The van der Waals surface area contributed by atoms with Gasteiger partial charge in [0.05, 0.1) is 5.69 Å². The molecule has 124 valence electrons. The minimum absolute atomic E-state index is 0.555. The maximum Gasteiger partial charge on any atom is 0.240 e. The van der Waals surface area contributed by atoms with Gasteiger partial charge >= 0.3 is 0 Å². The van der Waals surface area contributed by atoms with Crippen molar-refractivity contribution in [1.82, 2.24) is 14.8 Å². The van der Waals surface area contributed by atoms with E-state index in [-0.39, 0.29) is 0 Å². The van der Waals surface area contributed by atoms with E-state index in [1.807, 2.05) is 77.4 Å². The second-order valence-electron chi connectivity index (χ2n) is 5.63. The Morgan fingerprint density at radius 3 is 1.65 bits per heavy atom. The summed E-state index contributed by atoms with van der Waals surface area (Å²) in [5, 5.41) is 8.85. The molecule has 1 aromatic heterocycles. The molecular formula is C21H14N4O. The van der Waals surface area contributed by atoms with Crippen LogP contribution in [0.2, 0.25) is 0 Å². The predicted molar refractivity (Wildman–Crippen MR) is 100 cm³/mol. The number of aliphatic imine (C=N–C) groups is 1. The summed E-state index contributed by atoms with van der Waals surface area (Å²) in [5.74, 6) is 1.49. The minimum Gasteiger partial charge on any atom is -0.275 e. The molecule has 0 fully saturated rings. The summed E-state index contributed by atoms with van der Waals surface area (Å²) in [4.78, 5) is 14.1. The first kappa shape index (κ1) is 15.7. The number of nitrogens with zero attached hydrogens (tertiary/aromatic N) is 4. The molecule has 3 aromatic carbocycles. The van der Waals surface area contributed by atoms with E-state index < -0.39 is 0 Å². The molecule has 0 aliphatic carbocycles. The average Bonchev–Trinajstić information content (AvgIpc) is 3.15. The molecule has 5 nitrogen and oxygen atoms in total. The maximum atomic E-state index is 10.4. The highest BCUT2D eigenvalue weighted by atomic mass is 16.1. The normalized spacial score (nSPS) is 10.3. The molecule has 1 heterocycles. The van der Waals surface area contributed by atoms with Crippen LogP contribution in [0.5, 0.6) is 0 Å². The van der Waals surface area contributed by atoms with Gasteiger partial charge in [0.15, 0.2) is 11.6 Å². The van der Waals surface area contributed by atoms with E-state index in [9.17, 15) is 4.79 Å². The Kier molecular flexibility index (Phi) is 4.21. The first-order chi connectivity index (χ1) is 12.9. The van der Waals surface area contributed by atoms with Crippen LogP contribution in [0.15, 0.2) is 89.9 Å². The predicted octanol–water partition coefficient (Wildman–Crippen LogP) is 4.57. The van der Waals surface area contributed by atoms with Crippen molar-refractivity contribution in [3.63, 3.8) is 0 Å². The van der Waals surface area contributed by atoms with Crippen molar-refractivity contribution in [2.75, 3.05) is 0 Å². The van der Waals surface area contributed by atoms with Crippen molar-refractivity contribution in [2.45, 2.75) is 0 Å². The van der Waals surface area contributed by atoms with Crippen LogP contribution in [-0.2, 0) is 4.79 Å². The summed E-state index contributed by atoms with van der Waals surface area (Å²) in [7, 11) is 0. The number of isocyanates is 1. The van der Waals surface area contributed by atoms with E-state index >= 15 is 0 Å². The van der Waals surface area contributed by atoms with Crippen LogP contribution in [0, 0.1) is 0 Å². The molecule has 0 N–H and O–H groups in total. The van der Waals surface area contributed by atoms with Crippen molar-refractivity contribution in [2.24, 2.45) is 4.99 Å². The lowest BCUT2D eigenvalue weighted by Gasteiger charge is -2.11. The third-order valence-corrected chi connectivity index (χ3v) is 4.01. The molecule has 0 atom stereocenters. The summed E-state index contributed by atoms with van der Waals surface area (Å²) in [6, 6.07) is 27.1. The second kappa shape index (κ2) is 6.97. The lowest BCUT2D eigenvalue weighted by atomic mass is 10.1. The summed E-state index contributed by atoms with van der Waals surface area (Å²) < 4.78 is 2.00. The minimum atomic E-state index is 0.555. The molecule has 4 aromatic rings. The van der Waals surface area contributed by atoms with E-state index in [4.69, 9.17) is 0 Å². The fourth-order valence-electron chi connectivity index (χ4n) is 2.81. The molecule has 0 unspecified atom stereocenters. The Bertz CT molecular complexity index is 1010. The number of hydrogen-bond acceptors (Lipinski definition) is 4. The van der Waals surface area contributed by atoms with Gasteiger partial charge in [0.25, 0.3) is 0 Å². The molecular weight excluding hydrogens is 324 g/mol. The van der Waals surface area contributed by atoms with Crippen LogP contribution in [0.4, 0.5) is 5.69 Å². The van der Waals surface area contributed by atoms with Crippen LogP contribution < -0.4 is 0 Å². The Morgan fingerprint density at radius 2 is 1.19 bits per heavy atom. The van der Waals surface area contributed by atoms with Gasteiger partial charge in [-0.25, -0.2) is 4.79 Å². The number of rotatable bonds is 4. The van der Waals surface area contributed by atoms with Gasteiger partial charge in [0, 0.05) is 16.8 Å². The van der Waals surface area contributed by atoms with Crippen molar-refractivity contribution < 1.29 is 4.79 Å². The highest BCUT2D eigenvalue weighted by Crippen LogP contribution is 2.29. The molecule has 0 aliphatic heterocycles. The van der Waals surface area contributed by atoms with E-state index in [1.165, 1.54) is 0 Å².